The van der Waals surface area contributed by atoms with Gasteiger partial charge in [0.05, 0.1) is 0 Å². The van der Waals surface area contributed by atoms with E-state index in [4.69, 9.17) is 5.11 Å². The van der Waals surface area contributed by atoms with Crippen molar-refractivity contribution in [1.82, 2.24) is 0 Å². The standard InChI is InChI=1S/C3H6O2.C3H8O/c1-2-3(4)5;1-3-4-2/h2H2,1H3,(H,4,5);3H2,1-2H3. The Hall–Kier alpha value is -0.570. The van der Waals surface area contributed by atoms with Gasteiger partial charge in [-0.2, -0.15) is 0 Å². The van der Waals surface area contributed by atoms with Crippen LogP contribution in [0.25, 0.3) is 0 Å². The van der Waals surface area contributed by atoms with Crippen molar-refractivity contribution < 1.29 is 14.6 Å². The lowest BCUT2D eigenvalue weighted by molar-refractivity contribution is -0.136. The van der Waals surface area contributed by atoms with Gasteiger partial charge in [0.1, 0.15) is 0 Å². The molecule has 0 rings (SSSR count). The number of rotatable bonds is 2. The van der Waals surface area contributed by atoms with Crippen molar-refractivity contribution >= 4 is 5.97 Å². The number of hydrogen-bond donors (Lipinski definition) is 1. The molecule has 0 bridgehead atoms. The van der Waals surface area contributed by atoms with Gasteiger partial charge < -0.3 is 9.84 Å². The highest BCUT2D eigenvalue weighted by molar-refractivity contribution is 5.66. The Balaban J connectivity index is 0. The Morgan fingerprint density at radius 3 is 1.78 bits per heavy atom. The second-order valence-electron chi connectivity index (χ2n) is 1.32. The Kier molecular flexibility index (Phi) is 13.0. The molecule has 0 aliphatic carbocycles. The first-order valence-electron chi connectivity index (χ1n) is 2.89. The van der Waals surface area contributed by atoms with Crippen LogP contribution < -0.4 is 0 Å². The average Bonchev–Trinajstić information content (AvgIpc) is 1.89. The topological polar surface area (TPSA) is 46.5 Å². The molecule has 0 amide bonds. The third kappa shape index (κ3) is 37.1. The molecule has 0 radical (unpaired) electrons. The van der Waals surface area contributed by atoms with E-state index in [-0.39, 0.29) is 6.42 Å². The van der Waals surface area contributed by atoms with Crippen LogP contribution in [0.2, 0.25) is 0 Å². The van der Waals surface area contributed by atoms with E-state index < -0.39 is 5.97 Å². The SMILES string of the molecule is CCC(=O)O.CCOC. The molecule has 0 atom stereocenters. The smallest absolute Gasteiger partial charge is 0.303 e. The molecule has 56 valence electrons. The van der Waals surface area contributed by atoms with Gasteiger partial charge in [0.2, 0.25) is 0 Å². The van der Waals surface area contributed by atoms with Gasteiger partial charge in [0.15, 0.2) is 0 Å². The van der Waals surface area contributed by atoms with Crippen LogP contribution in [0.15, 0.2) is 0 Å². The predicted octanol–water partition coefficient (Wildman–Crippen LogP) is 1.13. The van der Waals surface area contributed by atoms with E-state index >= 15 is 0 Å². The number of carboxylic acid groups (broad SMARTS) is 1. The maximum Gasteiger partial charge on any atom is 0.303 e. The molecule has 0 unspecified atom stereocenters. The van der Waals surface area contributed by atoms with Gasteiger partial charge in [-0.3, -0.25) is 4.79 Å². The zero-order valence-electron chi connectivity index (χ0n) is 6.18. The summed E-state index contributed by atoms with van der Waals surface area (Å²) >= 11 is 0. The lowest BCUT2D eigenvalue weighted by Gasteiger charge is -1.76. The van der Waals surface area contributed by atoms with Crippen molar-refractivity contribution in [2.24, 2.45) is 0 Å². The molecule has 1 N–H and O–H groups in total. The molecule has 3 heteroatoms. The number of hydrogen-bond acceptors (Lipinski definition) is 2. The predicted molar refractivity (Wildman–Crippen MR) is 35.5 cm³/mol. The summed E-state index contributed by atoms with van der Waals surface area (Å²) in [5, 5.41) is 7.72. The molecule has 0 saturated carbocycles. The van der Waals surface area contributed by atoms with Crippen LogP contribution >= 0.6 is 0 Å². The van der Waals surface area contributed by atoms with Crippen LogP contribution in [0.3, 0.4) is 0 Å². The number of aliphatic carboxylic acids is 1. The number of carboxylic acids is 1. The lowest BCUT2D eigenvalue weighted by atomic mass is 10.5. The zero-order chi connectivity index (χ0) is 7.70. The van der Waals surface area contributed by atoms with E-state index in [0.717, 1.165) is 6.61 Å². The summed E-state index contributed by atoms with van der Waals surface area (Å²) in [4.78, 5) is 9.37. The molecule has 0 aromatic rings. The molecular formula is C6H14O3. The zero-order valence-corrected chi connectivity index (χ0v) is 6.18. The highest BCUT2D eigenvalue weighted by Gasteiger charge is 1.80. The third-order valence-electron chi connectivity index (χ3n) is 0.591. The fourth-order valence-corrected chi connectivity index (χ4v) is 0. The van der Waals surface area contributed by atoms with Gasteiger partial charge in [0.25, 0.3) is 0 Å². The molecule has 0 aliphatic rings. The van der Waals surface area contributed by atoms with Gasteiger partial charge in [-0.25, -0.2) is 0 Å². The van der Waals surface area contributed by atoms with Crippen LogP contribution in [0, 0.1) is 0 Å². The maximum absolute atomic E-state index is 9.37. The summed E-state index contributed by atoms with van der Waals surface area (Å²) in [6.07, 6.45) is 0.222. The number of methoxy groups -OCH3 is 1. The molecule has 0 spiro atoms. The molecule has 0 aliphatic heterocycles. The Morgan fingerprint density at radius 1 is 1.56 bits per heavy atom. The molecule has 0 saturated heterocycles. The van der Waals surface area contributed by atoms with Gasteiger partial charge >= 0.3 is 5.97 Å². The normalized spacial score (nSPS) is 7.44. The Labute approximate surface area is 55.6 Å². The largest absolute Gasteiger partial charge is 0.481 e. The molecule has 9 heavy (non-hydrogen) atoms. The quantitative estimate of drug-likeness (QED) is 0.615. The highest BCUT2D eigenvalue weighted by atomic mass is 16.5. The minimum absolute atomic E-state index is 0.222. The Morgan fingerprint density at radius 2 is 1.78 bits per heavy atom. The van der Waals surface area contributed by atoms with Gasteiger partial charge in [-0.1, -0.05) is 6.92 Å². The third-order valence-corrected chi connectivity index (χ3v) is 0.591. The molecule has 0 fully saturated rings. The first-order valence-corrected chi connectivity index (χ1v) is 2.89. The van der Waals surface area contributed by atoms with Gasteiger partial charge in [-0.15, -0.1) is 0 Å². The van der Waals surface area contributed by atoms with Crippen molar-refractivity contribution in [2.45, 2.75) is 20.3 Å². The van der Waals surface area contributed by atoms with Crippen LogP contribution in [0.4, 0.5) is 0 Å². The van der Waals surface area contributed by atoms with E-state index in [1.165, 1.54) is 0 Å². The number of ether oxygens (including phenoxy) is 1. The fraction of sp³-hybridized carbons (Fsp3) is 0.833. The molecule has 0 aromatic heterocycles. The summed E-state index contributed by atoms with van der Waals surface area (Å²) in [5.74, 6) is -0.745. The van der Waals surface area contributed by atoms with Crippen LogP contribution in [0.5, 0.6) is 0 Å². The fourth-order valence-electron chi connectivity index (χ4n) is 0. The van der Waals surface area contributed by atoms with Crippen molar-refractivity contribution in [3.05, 3.63) is 0 Å². The molecule has 0 aromatic carbocycles. The summed E-state index contributed by atoms with van der Waals surface area (Å²) < 4.78 is 4.54. The first kappa shape index (κ1) is 11.3. The summed E-state index contributed by atoms with van der Waals surface area (Å²) in [6, 6.07) is 0. The van der Waals surface area contributed by atoms with Crippen molar-refractivity contribution in [2.75, 3.05) is 13.7 Å². The monoisotopic (exact) mass is 134 g/mol. The van der Waals surface area contributed by atoms with Crippen molar-refractivity contribution in [1.29, 1.82) is 0 Å². The minimum atomic E-state index is -0.745. The summed E-state index contributed by atoms with van der Waals surface area (Å²) in [5.41, 5.74) is 0. The van der Waals surface area contributed by atoms with E-state index in [1.807, 2.05) is 6.92 Å². The second-order valence-corrected chi connectivity index (χ2v) is 1.32. The summed E-state index contributed by atoms with van der Waals surface area (Å²) in [7, 11) is 1.68. The van der Waals surface area contributed by atoms with E-state index in [9.17, 15) is 4.79 Å². The highest BCUT2D eigenvalue weighted by Crippen LogP contribution is 1.67. The maximum atomic E-state index is 9.37. The minimum Gasteiger partial charge on any atom is -0.481 e. The van der Waals surface area contributed by atoms with E-state index in [0.29, 0.717) is 0 Å². The van der Waals surface area contributed by atoms with E-state index in [2.05, 4.69) is 4.74 Å². The lowest BCUT2D eigenvalue weighted by Crippen LogP contribution is -1.86. The average molecular weight is 134 g/mol. The van der Waals surface area contributed by atoms with Crippen LogP contribution in [-0.4, -0.2) is 24.8 Å². The first-order chi connectivity index (χ1) is 4.18. The van der Waals surface area contributed by atoms with Crippen LogP contribution in [-0.2, 0) is 9.53 Å². The molecule has 3 nitrogen and oxygen atoms in total. The summed E-state index contributed by atoms with van der Waals surface area (Å²) in [6.45, 7) is 4.38. The van der Waals surface area contributed by atoms with Crippen molar-refractivity contribution in [3.63, 3.8) is 0 Å². The van der Waals surface area contributed by atoms with Crippen molar-refractivity contribution in [3.8, 4) is 0 Å². The van der Waals surface area contributed by atoms with Crippen LogP contribution in [0.1, 0.15) is 20.3 Å². The van der Waals surface area contributed by atoms with E-state index in [1.54, 1.807) is 14.0 Å². The van der Waals surface area contributed by atoms with Gasteiger partial charge in [0, 0.05) is 20.1 Å². The molecule has 0 heterocycles. The second kappa shape index (κ2) is 10.4. The molecular weight excluding hydrogens is 120 g/mol. The Bertz CT molecular complexity index is 59.3. The van der Waals surface area contributed by atoms with Gasteiger partial charge in [-0.05, 0) is 6.92 Å². The number of carbonyl (C=O) groups is 1.